The second-order valence-corrected chi connectivity index (χ2v) is 5.61. The van der Waals surface area contributed by atoms with Gasteiger partial charge >= 0.3 is 5.97 Å². The minimum Gasteiger partial charge on any atom is -0.452 e. The largest absolute Gasteiger partial charge is 0.452 e. The number of amides is 1. The van der Waals surface area contributed by atoms with E-state index in [1.807, 2.05) is 31.2 Å². The van der Waals surface area contributed by atoms with Gasteiger partial charge in [0.1, 0.15) is 0 Å². The zero-order valence-electron chi connectivity index (χ0n) is 14.0. The van der Waals surface area contributed by atoms with Crippen molar-refractivity contribution in [2.45, 2.75) is 33.1 Å². The molecule has 1 N–H and O–H groups in total. The summed E-state index contributed by atoms with van der Waals surface area (Å²) in [6, 6.07) is 11.0. The molecule has 1 amide bonds. The maximum Gasteiger partial charge on any atom is 0.340 e. The van der Waals surface area contributed by atoms with Crippen LogP contribution in [0.4, 0.5) is 5.69 Å². The molecule has 126 valence electrons. The van der Waals surface area contributed by atoms with E-state index >= 15 is 0 Å². The summed E-state index contributed by atoms with van der Waals surface area (Å²) in [6.45, 7) is 3.66. The Bertz CT molecular complexity index is 679. The van der Waals surface area contributed by atoms with E-state index in [1.54, 1.807) is 12.1 Å². The van der Waals surface area contributed by atoms with E-state index in [4.69, 9.17) is 4.74 Å². The third-order valence-corrected chi connectivity index (χ3v) is 3.54. The molecule has 0 fully saturated rings. The monoisotopic (exact) mass is 326 g/mol. The van der Waals surface area contributed by atoms with Crippen molar-refractivity contribution in [3.63, 3.8) is 0 Å². The molecule has 1 heterocycles. The van der Waals surface area contributed by atoms with Crippen LogP contribution in [0.2, 0.25) is 0 Å². The van der Waals surface area contributed by atoms with Gasteiger partial charge in [0.2, 0.25) is 0 Å². The predicted octanol–water partition coefficient (Wildman–Crippen LogP) is 3.53. The highest BCUT2D eigenvalue weighted by Crippen LogP contribution is 2.12. The fraction of sp³-hybridized carbons (Fsp3) is 0.316. The van der Waals surface area contributed by atoms with Gasteiger partial charge in [-0.3, -0.25) is 9.78 Å². The molecule has 0 radical (unpaired) electrons. The third-order valence-electron chi connectivity index (χ3n) is 3.54. The summed E-state index contributed by atoms with van der Waals surface area (Å²) in [7, 11) is 0. The Hall–Kier alpha value is -2.69. The van der Waals surface area contributed by atoms with E-state index in [2.05, 4.69) is 17.2 Å². The van der Waals surface area contributed by atoms with Gasteiger partial charge < -0.3 is 10.1 Å². The minimum atomic E-state index is -0.562. The topological polar surface area (TPSA) is 68.3 Å². The summed E-state index contributed by atoms with van der Waals surface area (Å²) < 4.78 is 4.99. The number of nitrogens with zero attached hydrogens (tertiary/aromatic N) is 1. The lowest BCUT2D eigenvalue weighted by atomic mass is 10.1. The molecule has 5 nitrogen and oxygen atoms in total. The van der Waals surface area contributed by atoms with Crippen LogP contribution in [0.25, 0.3) is 0 Å². The lowest BCUT2D eigenvalue weighted by Crippen LogP contribution is -2.21. The van der Waals surface area contributed by atoms with Gasteiger partial charge in [0.25, 0.3) is 5.91 Å². The molecule has 0 aliphatic heterocycles. The number of nitrogens with one attached hydrogen (secondary N) is 1. The zero-order chi connectivity index (χ0) is 17.4. The number of hydrogen-bond donors (Lipinski definition) is 1. The van der Waals surface area contributed by atoms with Gasteiger partial charge in [-0.05, 0) is 49.6 Å². The Morgan fingerprint density at radius 1 is 1.12 bits per heavy atom. The Balaban J connectivity index is 1.80. The van der Waals surface area contributed by atoms with E-state index in [0.29, 0.717) is 11.3 Å². The van der Waals surface area contributed by atoms with Gasteiger partial charge in [0, 0.05) is 17.6 Å². The highest BCUT2D eigenvalue weighted by Gasteiger charge is 2.10. The quantitative estimate of drug-likeness (QED) is 0.790. The van der Waals surface area contributed by atoms with Gasteiger partial charge in [-0.15, -0.1) is 0 Å². The Kier molecular flexibility index (Phi) is 6.49. The molecule has 2 aromatic rings. The van der Waals surface area contributed by atoms with E-state index in [0.717, 1.165) is 25.0 Å². The van der Waals surface area contributed by atoms with Gasteiger partial charge in [0.05, 0.1) is 5.56 Å². The number of rotatable bonds is 7. The van der Waals surface area contributed by atoms with Gasteiger partial charge in [-0.25, -0.2) is 4.79 Å². The number of pyridine rings is 1. The normalized spacial score (nSPS) is 10.2. The van der Waals surface area contributed by atoms with Crippen LogP contribution in [0.3, 0.4) is 0 Å². The number of carbonyl (C=O) groups excluding carboxylic acids is 2. The third kappa shape index (κ3) is 5.50. The first-order valence-electron chi connectivity index (χ1n) is 8.07. The SMILES string of the molecule is CCCCc1ccc(NC(=O)COC(=O)c2ccc(C)nc2)cc1. The fourth-order valence-electron chi connectivity index (χ4n) is 2.14. The van der Waals surface area contributed by atoms with Crippen molar-refractivity contribution in [3.8, 4) is 0 Å². The first-order chi connectivity index (χ1) is 11.6. The van der Waals surface area contributed by atoms with Crippen LogP contribution in [0.15, 0.2) is 42.6 Å². The highest BCUT2D eigenvalue weighted by atomic mass is 16.5. The molecule has 1 aromatic carbocycles. The van der Waals surface area contributed by atoms with E-state index in [-0.39, 0.29) is 12.5 Å². The molecule has 24 heavy (non-hydrogen) atoms. The van der Waals surface area contributed by atoms with Gasteiger partial charge in [-0.1, -0.05) is 25.5 Å². The van der Waals surface area contributed by atoms with Crippen molar-refractivity contribution in [1.82, 2.24) is 4.98 Å². The van der Waals surface area contributed by atoms with E-state index < -0.39 is 5.97 Å². The van der Waals surface area contributed by atoms with Crippen LogP contribution in [-0.2, 0) is 16.0 Å². The smallest absolute Gasteiger partial charge is 0.340 e. The Labute approximate surface area is 142 Å². The van der Waals surface area contributed by atoms with Crippen LogP contribution in [-0.4, -0.2) is 23.5 Å². The van der Waals surface area contributed by atoms with Crippen LogP contribution in [0, 0.1) is 6.92 Å². The molecule has 2 rings (SSSR count). The number of esters is 1. The average molecular weight is 326 g/mol. The number of carbonyl (C=O) groups is 2. The maximum atomic E-state index is 11.9. The lowest BCUT2D eigenvalue weighted by molar-refractivity contribution is -0.119. The summed E-state index contributed by atoms with van der Waals surface area (Å²) in [6.07, 6.45) is 4.77. The number of aryl methyl sites for hydroxylation is 2. The minimum absolute atomic E-state index is 0.327. The molecular weight excluding hydrogens is 304 g/mol. The van der Waals surface area contributed by atoms with Gasteiger partial charge in [0.15, 0.2) is 6.61 Å². The molecule has 0 bridgehead atoms. The first kappa shape index (κ1) is 17.7. The molecule has 0 saturated carbocycles. The zero-order valence-corrected chi connectivity index (χ0v) is 14.0. The van der Waals surface area contributed by atoms with Crippen molar-refractivity contribution in [2.75, 3.05) is 11.9 Å². The second-order valence-electron chi connectivity index (χ2n) is 5.61. The number of anilines is 1. The number of hydrogen-bond acceptors (Lipinski definition) is 4. The number of benzene rings is 1. The van der Waals surface area contributed by atoms with Crippen molar-refractivity contribution in [3.05, 3.63) is 59.4 Å². The standard InChI is InChI=1S/C19H22N2O3/c1-3-4-5-15-7-10-17(11-8-15)21-18(22)13-24-19(23)16-9-6-14(2)20-12-16/h6-12H,3-5,13H2,1-2H3,(H,21,22). The summed E-state index contributed by atoms with van der Waals surface area (Å²) in [5.41, 5.74) is 3.07. The van der Waals surface area contributed by atoms with Crippen LogP contribution < -0.4 is 5.32 Å². The van der Waals surface area contributed by atoms with Crippen molar-refractivity contribution >= 4 is 17.6 Å². The molecule has 5 heteroatoms. The van der Waals surface area contributed by atoms with Crippen molar-refractivity contribution in [1.29, 1.82) is 0 Å². The highest BCUT2D eigenvalue weighted by molar-refractivity contribution is 5.95. The Morgan fingerprint density at radius 3 is 2.50 bits per heavy atom. The average Bonchev–Trinajstić information content (AvgIpc) is 2.59. The summed E-state index contributed by atoms with van der Waals surface area (Å²) in [5, 5.41) is 2.71. The van der Waals surface area contributed by atoms with Crippen molar-refractivity contribution in [2.24, 2.45) is 0 Å². The van der Waals surface area contributed by atoms with E-state index in [9.17, 15) is 9.59 Å². The van der Waals surface area contributed by atoms with Crippen LogP contribution in [0.5, 0.6) is 0 Å². The molecule has 0 spiro atoms. The number of unbranched alkanes of at least 4 members (excludes halogenated alkanes) is 1. The number of aromatic nitrogens is 1. The number of ether oxygens (including phenoxy) is 1. The van der Waals surface area contributed by atoms with Crippen molar-refractivity contribution < 1.29 is 14.3 Å². The molecule has 0 aliphatic carbocycles. The van der Waals surface area contributed by atoms with E-state index in [1.165, 1.54) is 11.8 Å². The molecular formula is C19H22N2O3. The molecule has 0 aliphatic rings. The van der Waals surface area contributed by atoms with Crippen LogP contribution >= 0.6 is 0 Å². The summed E-state index contributed by atoms with van der Waals surface area (Å²) in [4.78, 5) is 27.7. The van der Waals surface area contributed by atoms with Crippen LogP contribution in [0.1, 0.15) is 41.4 Å². The van der Waals surface area contributed by atoms with Gasteiger partial charge in [-0.2, -0.15) is 0 Å². The molecule has 0 saturated heterocycles. The second kappa shape index (κ2) is 8.82. The molecule has 0 unspecified atom stereocenters. The summed E-state index contributed by atoms with van der Waals surface area (Å²) in [5.74, 6) is -0.933. The summed E-state index contributed by atoms with van der Waals surface area (Å²) >= 11 is 0. The molecule has 0 atom stereocenters. The molecule has 1 aromatic heterocycles. The fourth-order valence-corrected chi connectivity index (χ4v) is 2.14. The lowest BCUT2D eigenvalue weighted by Gasteiger charge is -2.07. The predicted molar refractivity (Wildman–Crippen MR) is 92.9 cm³/mol. The maximum absolute atomic E-state index is 11.9. The first-order valence-corrected chi connectivity index (χ1v) is 8.07. The Morgan fingerprint density at radius 2 is 1.88 bits per heavy atom.